The molecule has 0 fully saturated rings. The average molecular weight is 205 g/mol. The Morgan fingerprint density at radius 3 is 2.57 bits per heavy atom. The van der Waals surface area contributed by atoms with Gasteiger partial charge < -0.3 is 5.73 Å². The Hall–Kier alpha value is -0.910. The first kappa shape index (κ1) is 11.2. The van der Waals surface area contributed by atoms with Gasteiger partial charge in [0.25, 0.3) is 0 Å². The van der Waals surface area contributed by atoms with Crippen LogP contribution in [0.15, 0.2) is 29.2 Å². The first-order valence-electron chi connectivity index (χ1n) is 4.69. The third-order valence-electron chi connectivity index (χ3n) is 1.96. The Morgan fingerprint density at radius 2 is 2.07 bits per heavy atom. The minimum absolute atomic E-state index is 0.0272. The van der Waals surface area contributed by atoms with Crippen LogP contribution in [0.5, 0.6) is 0 Å². The van der Waals surface area contributed by atoms with E-state index in [1.54, 1.807) is 0 Å². The van der Waals surface area contributed by atoms with E-state index in [2.05, 4.69) is 37.1 Å². The molecule has 74 valence electrons. The highest BCUT2D eigenvalue weighted by Gasteiger charge is 2.03. The van der Waals surface area contributed by atoms with Gasteiger partial charge in [0, 0.05) is 17.4 Å². The van der Waals surface area contributed by atoms with Gasteiger partial charge >= 0.3 is 0 Å². The van der Waals surface area contributed by atoms with Crippen molar-refractivity contribution in [1.82, 2.24) is 0 Å². The van der Waals surface area contributed by atoms with Gasteiger partial charge in [-0.15, -0.1) is 24.1 Å². The molecule has 0 amide bonds. The Bertz CT molecular complexity index is 310. The van der Waals surface area contributed by atoms with Crippen LogP contribution >= 0.6 is 11.8 Å². The summed E-state index contributed by atoms with van der Waals surface area (Å²) in [6.07, 6.45) is 5.81. The number of thioether (sulfide) groups is 1. The minimum Gasteiger partial charge on any atom is -0.323 e. The van der Waals surface area contributed by atoms with Gasteiger partial charge in [-0.3, -0.25) is 0 Å². The molecule has 0 spiro atoms. The zero-order valence-corrected chi connectivity index (χ0v) is 9.18. The maximum atomic E-state index is 5.88. The average Bonchev–Trinajstić information content (AvgIpc) is 2.20. The summed E-state index contributed by atoms with van der Waals surface area (Å²) in [5, 5.41) is 0. The van der Waals surface area contributed by atoms with Crippen LogP contribution in [0.1, 0.15) is 24.9 Å². The lowest BCUT2D eigenvalue weighted by atomic mass is 10.1. The summed E-state index contributed by atoms with van der Waals surface area (Å²) < 4.78 is 0. The molecule has 0 heterocycles. The first-order valence-corrected chi connectivity index (χ1v) is 5.68. The zero-order chi connectivity index (χ0) is 10.4. The second kappa shape index (κ2) is 5.74. The summed E-state index contributed by atoms with van der Waals surface area (Å²) >= 11 is 1.83. The minimum atomic E-state index is -0.0272. The van der Waals surface area contributed by atoms with Crippen LogP contribution in [0.2, 0.25) is 0 Å². The van der Waals surface area contributed by atoms with Crippen LogP contribution in [0.3, 0.4) is 0 Å². The third-order valence-corrected chi connectivity index (χ3v) is 2.85. The van der Waals surface area contributed by atoms with E-state index in [1.807, 2.05) is 11.8 Å². The Labute approximate surface area is 90.1 Å². The van der Waals surface area contributed by atoms with Gasteiger partial charge in [0.15, 0.2) is 0 Å². The van der Waals surface area contributed by atoms with E-state index in [9.17, 15) is 0 Å². The van der Waals surface area contributed by atoms with E-state index >= 15 is 0 Å². The van der Waals surface area contributed by atoms with Gasteiger partial charge in [0.1, 0.15) is 0 Å². The fraction of sp³-hybridized carbons (Fsp3) is 0.333. The van der Waals surface area contributed by atoms with Crippen molar-refractivity contribution < 1.29 is 0 Å². The molecular formula is C12H15NS. The smallest absolute Gasteiger partial charge is 0.0405 e. The number of hydrogen-bond acceptors (Lipinski definition) is 2. The SMILES string of the molecule is C#CCC(N)c1ccc(SCC)cc1. The molecule has 1 rings (SSSR count). The van der Waals surface area contributed by atoms with Crippen LogP contribution in [-0.2, 0) is 0 Å². The molecule has 1 aromatic carbocycles. The van der Waals surface area contributed by atoms with E-state index in [-0.39, 0.29) is 6.04 Å². The predicted molar refractivity (Wildman–Crippen MR) is 63.2 cm³/mol. The molecule has 0 aliphatic heterocycles. The van der Waals surface area contributed by atoms with Crippen molar-refractivity contribution in [2.45, 2.75) is 24.3 Å². The molecular weight excluding hydrogens is 190 g/mol. The normalized spacial score (nSPS) is 12.1. The summed E-state index contributed by atoms with van der Waals surface area (Å²) in [5.41, 5.74) is 6.99. The predicted octanol–water partition coefficient (Wildman–Crippen LogP) is 2.82. The maximum absolute atomic E-state index is 5.88. The third kappa shape index (κ3) is 3.10. The summed E-state index contributed by atoms with van der Waals surface area (Å²) in [4.78, 5) is 1.28. The number of benzene rings is 1. The van der Waals surface area contributed by atoms with E-state index in [1.165, 1.54) is 4.90 Å². The molecule has 0 saturated carbocycles. The summed E-state index contributed by atoms with van der Waals surface area (Å²) in [6.45, 7) is 2.14. The molecule has 0 aliphatic rings. The van der Waals surface area contributed by atoms with Crippen molar-refractivity contribution in [1.29, 1.82) is 0 Å². The van der Waals surface area contributed by atoms with E-state index < -0.39 is 0 Å². The molecule has 0 aromatic heterocycles. The zero-order valence-electron chi connectivity index (χ0n) is 8.36. The lowest BCUT2D eigenvalue weighted by Crippen LogP contribution is -2.08. The molecule has 0 radical (unpaired) electrons. The first-order chi connectivity index (χ1) is 6.77. The van der Waals surface area contributed by atoms with Gasteiger partial charge in [0.05, 0.1) is 0 Å². The monoisotopic (exact) mass is 205 g/mol. The lowest BCUT2D eigenvalue weighted by Gasteiger charge is -2.08. The Morgan fingerprint density at radius 1 is 1.43 bits per heavy atom. The van der Waals surface area contributed by atoms with Crippen molar-refractivity contribution in [3.05, 3.63) is 29.8 Å². The highest BCUT2D eigenvalue weighted by atomic mass is 32.2. The standard InChI is InChI=1S/C12H15NS/c1-3-5-12(13)10-6-8-11(9-7-10)14-4-2/h1,6-9,12H,4-5,13H2,2H3. The Kier molecular flexibility index (Phi) is 4.58. The van der Waals surface area contributed by atoms with Gasteiger partial charge in [-0.25, -0.2) is 0 Å². The van der Waals surface area contributed by atoms with Gasteiger partial charge in [-0.1, -0.05) is 19.1 Å². The molecule has 0 aliphatic carbocycles. The number of hydrogen-bond donors (Lipinski definition) is 1. The van der Waals surface area contributed by atoms with Crippen molar-refractivity contribution in [3.63, 3.8) is 0 Å². The topological polar surface area (TPSA) is 26.0 Å². The van der Waals surface area contributed by atoms with Crippen LogP contribution in [0.25, 0.3) is 0 Å². The molecule has 2 N–H and O–H groups in total. The van der Waals surface area contributed by atoms with Crippen molar-refractivity contribution in [2.75, 3.05) is 5.75 Å². The molecule has 1 atom stereocenters. The van der Waals surface area contributed by atoms with Crippen molar-refractivity contribution in [2.24, 2.45) is 5.73 Å². The maximum Gasteiger partial charge on any atom is 0.0405 e. The fourth-order valence-corrected chi connectivity index (χ4v) is 1.88. The highest BCUT2D eigenvalue weighted by molar-refractivity contribution is 7.99. The van der Waals surface area contributed by atoms with Crippen LogP contribution < -0.4 is 5.73 Å². The highest BCUT2D eigenvalue weighted by Crippen LogP contribution is 2.20. The fourth-order valence-electron chi connectivity index (χ4n) is 1.22. The van der Waals surface area contributed by atoms with Crippen LogP contribution in [0, 0.1) is 12.3 Å². The summed E-state index contributed by atoms with van der Waals surface area (Å²) in [5.74, 6) is 3.67. The largest absolute Gasteiger partial charge is 0.323 e. The van der Waals surface area contributed by atoms with E-state index in [0.717, 1.165) is 11.3 Å². The van der Waals surface area contributed by atoms with Gasteiger partial charge in [-0.05, 0) is 23.4 Å². The quantitative estimate of drug-likeness (QED) is 0.604. The summed E-state index contributed by atoms with van der Waals surface area (Å²) in [6, 6.07) is 8.28. The van der Waals surface area contributed by atoms with Crippen LogP contribution in [-0.4, -0.2) is 5.75 Å². The Balaban J connectivity index is 2.68. The second-order valence-electron chi connectivity index (χ2n) is 3.02. The molecule has 1 aromatic rings. The molecule has 0 saturated heterocycles. The number of terminal acetylenes is 1. The molecule has 0 bridgehead atoms. The summed E-state index contributed by atoms with van der Waals surface area (Å²) in [7, 11) is 0. The van der Waals surface area contributed by atoms with E-state index in [0.29, 0.717) is 6.42 Å². The van der Waals surface area contributed by atoms with Gasteiger partial charge in [-0.2, -0.15) is 0 Å². The lowest BCUT2D eigenvalue weighted by molar-refractivity contribution is 0.753. The molecule has 1 unspecified atom stereocenters. The van der Waals surface area contributed by atoms with Crippen molar-refractivity contribution >= 4 is 11.8 Å². The van der Waals surface area contributed by atoms with E-state index in [4.69, 9.17) is 12.2 Å². The van der Waals surface area contributed by atoms with Crippen molar-refractivity contribution in [3.8, 4) is 12.3 Å². The number of nitrogens with two attached hydrogens (primary N) is 1. The second-order valence-corrected chi connectivity index (χ2v) is 4.35. The molecule has 14 heavy (non-hydrogen) atoms. The number of rotatable bonds is 4. The van der Waals surface area contributed by atoms with Crippen LogP contribution in [0.4, 0.5) is 0 Å². The van der Waals surface area contributed by atoms with Gasteiger partial charge in [0.2, 0.25) is 0 Å². The molecule has 1 nitrogen and oxygen atoms in total. The molecule has 2 heteroatoms.